The number of aromatic nitrogens is 1. The number of halogens is 1. The summed E-state index contributed by atoms with van der Waals surface area (Å²) < 4.78 is 0.882. The maximum Gasteiger partial charge on any atom is 0.339 e. The zero-order valence-electron chi connectivity index (χ0n) is 18.7. The Hall–Kier alpha value is -3.76. The maximum absolute atomic E-state index is 13.0. The van der Waals surface area contributed by atoms with Crippen LogP contribution in [0.2, 0.25) is 0 Å². The van der Waals surface area contributed by atoms with Crippen LogP contribution in [0.3, 0.4) is 0 Å². The third kappa shape index (κ3) is 4.75. The highest BCUT2D eigenvalue weighted by atomic mass is 79.9. The van der Waals surface area contributed by atoms with Crippen molar-refractivity contribution in [3.05, 3.63) is 79.8 Å². The molecule has 35 heavy (non-hydrogen) atoms. The minimum Gasteiger partial charge on any atom is -0.507 e. The molecular weight excluding hydrogens is 534 g/mol. The molecule has 4 rings (SSSR count). The van der Waals surface area contributed by atoms with Gasteiger partial charge in [-0.25, -0.2) is 9.78 Å². The number of nitrogens with one attached hydrogen (secondary N) is 1. The second-order valence-corrected chi connectivity index (χ2v) is 9.84. The molecular formula is C25H20BrN3O5S. The lowest BCUT2D eigenvalue weighted by Crippen LogP contribution is -2.12. The first kappa shape index (κ1) is 24.4. The molecule has 0 fully saturated rings. The van der Waals surface area contributed by atoms with Crippen molar-refractivity contribution in [1.29, 1.82) is 0 Å². The Labute approximate surface area is 212 Å². The van der Waals surface area contributed by atoms with E-state index in [1.807, 2.05) is 26.0 Å². The highest BCUT2D eigenvalue weighted by molar-refractivity contribution is 9.10. The number of carbonyl (C=O) groups excluding carboxylic acids is 2. The number of hydrogen-bond donors (Lipinski definition) is 4. The highest BCUT2D eigenvalue weighted by Crippen LogP contribution is 2.37. The van der Waals surface area contributed by atoms with Gasteiger partial charge in [-0.05, 0) is 55.3 Å². The standard InChI is InChI=1S/C25H20BrN3O5S/c1-11-16(10-19(31)13-3-5-14(26)6-4-13)12(2)28-24-20(11)21(27)22(35-24)23(32)29-15-7-8-18(30)17(9-15)25(33)34/h3-9,30H,10,27H2,1-2H3,(H,29,32)(H,33,34). The van der Waals surface area contributed by atoms with Gasteiger partial charge in [0.25, 0.3) is 5.91 Å². The van der Waals surface area contributed by atoms with E-state index in [1.165, 1.54) is 18.2 Å². The number of ketones is 1. The van der Waals surface area contributed by atoms with Gasteiger partial charge in [-0.15, -0.1) is 11.3 Å². The molecule has 5 N–H and O–H groups in total. The number of rotatable bonds is 6. The summed E-state index contributed by atoms with van der Waals surface area (Å²) in [6.45, 7) is 3.67. The number of amides is 1. The molecule has 0 spiro atoms. The van der Waals surface area contributed by atoms with E-state index in [0.717, 1.165) is 26.9 Å². The fourth-order valence-electron chi connectivity index (χ4n) is 3.82. The van der Waals surface area contributed by atoms with E-state index in [9.17, 15) is 24.6 Å². The summed E-state index contributed by atoms with van der Waals surface area (Å²) in [7, 11) is 0. The van der Waals surface area contributed by atoms with Gasteiger partial charge in [-0.1, -0.05) is 28.1 Å². The average molecular weight is 554 g/mol. The molecule has 0 atom stereocenters. The summed E-state index contributed by atoms with van der Waals surface area (Å²) in [4.78, 5) is 42.5. The third-order valence-electron chi connectivity index (χ3n) is 5.65. The predicted octanol–water partition coefficient (Wildman–Crippen LogP) is 5.34. The first-order chi connectivity index (χ1) is 16.6. The summed E-state index contributed by atoms with van der Waals surface area (Å²) in [5.74, 6) is -2.31. The van der Waals surface area contributed by atoms with E-state index in [0.29, 0.717) is 21.5 Å². The van der Waals surface area contributed by atoms with Crippen molar-refractivity contribution in [3.8, 4) is 5.75 Å². The van der Waals surface area contributed by atoms with Crippen molar-refractivity contribution in [1.82, 2.24) is 4.98 Å². The van der Waals surface area contributed by atoms with Gasteiger partial charge in [0.05, 0.1) is 5.69 Å². The summed E-state index contributed by atoms with van der Waals surface area (Å²) in [5.41, 5.74) is 9.26. The lowest BCUT2D eigenvalue weighted by molar-refractivity contribution is 0.0693. The Morgan fingerprint density at radius 3 is 2.46 bits per heavy atom. The molecule has 0 aliphatic rings. The van der Waals surface area contributed by atoms with Crippen LogP contribution in [0.4, 0.5) is 11.4 Å². The monoisotopic (exact) mass is 553 g/mol. The van der Waals surface area contributed by atoms with Gasteiger partial charge in [-0.3, -0.25) is 9.59 Å². The summed E-state index contributed by atoms with van der Waals surface area (Å²) in [5, 5.41) is 22.1. The van der Waals surface area contributed by atoms with E-state index in [-0.39, 0.29) is 34.0 Å². The lowest BCUT2D eigenvalue weighted by Gasteiger charge is -2.11. The van der Waals surface area contributed by atoms with Gasteiger partial charge in [0.1, 0.15) is 21.0 Å². The lowest BCUT2D eigenvalue weighted by atomic mass is 9.96. The van der Waals surface area contributed by atoms with Crippen molar-refractivity contribution in [3.63, 3.8) is 0 Å². The van der Waals surface area contributed by atoms with Crippen LogP contribution in [0.1, 0.15) is 47.2 Å². The van der Waals surface area contributed by atoms with Crippen LogP contribution < -0.4 is 11.1 Å². The highest BCUT2D eigenvalue weighted by Gasteiger charge is 2.23. The van der Waals surface area contributed by atoms with Crippen molar-refractivity contribution in [2.45, 2.75) is 20.3 Å². The van der Waals surface area contributed by atoms with Crippen LogP contribution in [0.5, 0.6) is 5.75 Å². The van der Waals surface area contributed by atoms with Crippen LogP contribution in [0.15, 0.2) is 46.9 Å². The van der Waals surface area contributed by atoms with E-state index in [2.05, 4.69) is 26.2 Å². The molecule has 2 heterocycles. The molecule has 0 saturated carbocycles. The molecule has 0 aliphatic carbocycles. The number of carboxylic acid groups (broad SMARTS) is 1. The average Bonchev–Trinajstić information content (AvgIpc) is 3.14. The molecule has 8 nitrogen and oxygen atoms in total. The number of nitrogen functional groups attached to an aromatic ring is 1. The number of aromatic carboxylic acids is 1. The number of hydrogen-bond acceptors (Lipinski definition) is 7. The molecule has 0 radical (unpaired) electrons. The zero-order chi connectivity index (χ0) is 25.4. The van der Waals surface area contributed by atoms with E-state index in [1.54, 1.807) is 12.1 Å². The molecule has 0 aliphatic heterocycles. The van der Waals surface area contributed by atoms with Crippen molar-refractivity contribution in [2.75, 3.05) is 11.1 Å². The number of aryl methyl sites for hydroxylation is 2. The van der Waals surface area contributed by atoms with Gasteiger partial charge in [0, 0.05) is 33.2 Å². The minimum absolute atomic E-state index is 0.0572. The van der Waals surface area contributed by atoms with Crippen LogP contribution in [0, 0.1) is 13.8 Å². The summed E-state index contributed by atoms with van der Waals surface area (Å²) >= 11 is 4.48. The fraction of sp³-hybridized carbons (Fsp3) is 0.120. The number of phenols is 1. The largest absolute Gasteiger partial charge is 0.507 e. The van der Waals surface area contributed by atoms with Crippen molar-refractivity contribution < 1.29 is 24.6 Å². The second kappa shape index (κ2) is 9.47. The molecule has 0 bridgehead atoms. The Morgan fingerprint density at radius 2 is 1.80 bits per heavy atom. The Bertz CT molecular complexity index is 1510. The van der Waals surface area contributed by atoms with E-state index >= 15 is 0 Å². The van der Waals surface area contributed by atoms with Crippen LogP contribution in [0.25, 0.3) is 10.2 Å². The Balaban J connectivity index is 1.67. The Kier molecular flexibility index (Phi) is 6.60. The maximum atomic E-state index is 13.0. The number of benzene rings is 2. The molecule has 1 amide bonds. The van der Waals surface area contributed by atoms with Gasteiger partial charge in [-0.2, -0.15) is 0 Å². The van der Waals surface area contributed by atoms with Crippen molar-refractivity contribution in [2.24, 2.45) is 0 Å². The molecule has 0 saturated heterocycles. The van der Waals surface area contributed by atoms with Gasteiger partial charge in [0.2, 0.25) is 0 Å². The molecule has 4 aromatic rings. The summed E-state index contributed by atoms with van der Waals surface area (Å²) in [6.07, 6.45) is 0.143. The Morgan fingerprint density at radius 1 is 1.11 bits per heavy atom. The molecule has 10 heteroatoms. The van der Waals surface area contributed by atoms with Gasteiger partial charge >= 0.3 is 5.97 Å². The number of carboxylic acids is 1. The number of anilines is 2. The molecule has 0 unspecified atom stereocenters. The number of carbonyl (C=O) groups is 3. The smallest absolute Gasteiger partial charge is 0.339 e. The second-order valence-electron chi connectivity index (χ2n) is 7.92. The SMILES string of the molecule is Cc1nc2sc(C(=O)Nc3ccc(O)c(C(=O)O)c3)c(N)c2c(C)c1CC(=O)c1ccc(Br)cc1. The number of nitrogens with two attached hydrogens (primary N) is 1. The van der Waals surface area contributed by atoms with Crippen LogP contribution in [-0.4, -0.2) is 32.9 Å². The molecule has 178 valence electrons. The number of aromatic hydroxyl groups is 1. The topological polar surface area (TPSA) is 143 Å². The number of Topliss-reactive ketones (excluding diaryl/α,β-unsaturated/α-hetero) is 1. The predicted molar refractivity (Wildman–Crippen MR) is 139 cm³/mol. The van der Waals surface area contributed by atoms with Gasteiger partial charge < -0.3 is 21.3 Å². The van der Waals surface area contributed by atoms with E-state index in [4.69, 9.17) is 5.73 Å². The normalized spacial score (nSPS) is 10.9. The molecule has 2 aromatic carbocycles. The number of pyridine rings is 1. The van der Waals surface area contributed by atoms with Crippen molar-refractivity contribution >= 4 is 66.5 Å². The number of fused-ring (bicyclic) bond motifs is 1. The minimum atomic E-state index is -1.32. The molecule has 2 aromatic heterocycles. The van der Waals surface area contributed by atoms with E-state index < -0.39 is 17.6 Å². The first-order valence-electron chi connectivity index (χ1n) is 10.4. The quantitative estimate of drug-likeness (QED) is 0.186. The third-order valence-corrected chi connectivity index (χ3v) is 7.28. The van der Waals surface area contributed by atoms with Gasteiger partial charge in [0.15, 0.2) is 5.78 Å². The zero-order valence-corrected chi connectivity index (χ0v) is 21.1. The first-order valence-corrected chi connectivity index (χ1v) is 12.0. The van der Waals surface area contributed by atoms with Crippen LogP contribution >= 0.6 is 27.3 Å². The number of nitrogens with zero attached hydrogens (tertiary/aromatic N) is 1. The number of thiophene rings is 1. The summed E-state index contributed by atoms with van der Waals surface area (Å²) in [6, 6.07) is 10.9. The fourth-order valence-corrected chi connectivity index (χ4v) is 5.18. The van der Waals surface area contributed by atoms with Crippen LogP contribution in [-0.2, 0) is 6.42 Å².